The molecule has 0 N–H and O–H groups in total. The van der Waals surface area contributed by atoms with E-state index in [1.807, 2.05) is 6.92 Å². The summed E-state index contributed by atoms with van der Waals surface area (Å²) in [5, 5.41) is 0. The van der Waals surface area contributed by atoms with Crippen LogP contribution in [-0.4, -0.2) is 23.1 Å². The van der Waals surface area contributed by atoms with Crippen LogP contribution in [-0.2, 0) is 29.1 Å². The highest BCUT2D eigenvalue weighted by atomic mass is 17.2. The Balaban J connectivity index is 4.18. The van der Waals surface area contributed by atoms with Gasteiger partial charge in [-0.15, -0.1) is 0 Å². The van der Waals surface area contributed by atoms with Crippen LogP contribution in [0.1, 0.15) is 80.6 Å². The highest BCUT2D eigenvalue weighted by Gasteiger charge is 2.23. The van der Waals surface area contributed by atoms with Crippen molar-refractivity contribution < 1.29 is 29.1 Å². The molecular formula is C17H32O6. The van der Waals surface area contributed by atoms with E-state index in [4.69, 9.17) is 19.6 Å². The predicted molar refractivity (Wildman–Crippen MR) is 86.1 cm³/mol. The van der Waals surface area contributed by atoms with Gasteiger partial charge in [0, 0.05) is 6.42 Å². The van der Waals surface area contributed by atoms with E-state index < -0.39 is 17.2 Å². The third kappa shape index (κ3) is 13.0. The molecular weight excluding hydrogens is 300 g/mol. The fourth-order valence-electron chi connectivity index (χ4n) is 1.67. The third-order valence-electron chi connectivity index (χ3n) is 2.66. The molecule has 1 unspecified atom stereocenters. The lowest BCUT2D eigenvalue weighted by molar-refractivity contribution is -0.323. The summed E-state index contributed by atoms with van der Waals surface area (Å²) >= 11 is 0. The summed E-state index contributed by atoms with van der Waals surface area (Å²) in [5.41, 5.74) is -1.07. The van der Waals surface area contributed by atoms with Gasteiger partial charge >= 0.3 is 11.9 Å². The third-order valence-corrected chi connectivity index (χ3v) is 2.66. The summed E-state index contributed by atoms with van der Waals surface area (Å²) in [4.78, 5) is 43.2. The minimum absolute atomic E-state index is 0.198. The molecule has 6 nitrogen and oxygen atoms in total. The molecule has 0 aromatic rings. The molecule has 0 aromatic heterocycles. The average molecular weight is 332 g/mol. The van der Waals surface area contributed by atoms with E-state index in [0.717, 1.165) is 6.42 Å². The molecule has 0 aromatic carbocycles. The molecule has 23 heavy (non-hydrogen) atoms. The molecule has 136 valence electrons. The van der Waals surface area contributed by atoms with Crippen LogP contribution in [0.5, 0.6) is 0 Å². The summed E-state index contributed by atoms with van der Waals surface area (Å²) < 4.78 is 0. The first-order valence-electron chi connectivity index (χ1n) is 8.22. The van der Waals surface area contributed by atoms with Crippen molar-refractivity contribution >= 4 is 11.9 Å². The summed E-state index contributed by atoms with van der Waals surface area (Å²) in [5.74, 6) is -1.10. The Kier molecular flexibility index (Phi) is 9.39. The van der Waals surface area contributed by atoms with Gasteiger partial charge in [-0.2, -0.15) is 9.78 Å². The topological polar surface area (TPSA) is 71.1 Å². The lowest BCUT2D eigenvalue weighted by atomic mass is 9.97. The zero-order valence-electron chi connectivity index (χ0n) is 15.6. The van der Waals surface area contributed by atoms with Crippen LogP contribution < -0.4 is 0 Å². The highest BCUT2D eigenvalue weighted by Crippen LogP contribution is 2.19. The molecule has 1 atom stereocenters. The summed E-state index contributed by atoms with van der Waals surface area (Å²) in [6.45, 7) is 12.8. The van der Waals surface area contributed by atoms with Gasteiger partial charge in [-0.3, -0.25) is 9.78 Å². The Morgan fingerprint density at radius 1 is 0.870 bits per heavy atom. The second kappa shape index (κ2) is 9.88. The van der Waals surface area contributed by atoms with Crippen molar-refractivity contribution in [2.45, 2.75) is 91.8 Å². The van der Waals surface area contributed by atoms with Crippen LogP contribution >= 0.6 is 0 Å². The maximum absolute atomic E-state index is 12.0. The summed E-state index contributed by atoms with van der Waals surface area (Å²) in [7, 11) is 0. The summed E-state index contributed by atoms with van der Waals surface area (Å²) in [6.07, 6.45) is 2.82. The second-order valence-electron chi connectivity index (χ2n) is 7.63. The van der Waals surface area contributed by atoms with E-state index in [1.54, 1.807) is 41.5 Å². The monoisotopic (exact) mass is 332 g/mol. The van der Waals surface area contributed by atoms with E-state index in [1.165, 1.54) is 0 Å². The highest BCUT2D eigenvalue weighted by molar-refractivity contribution is 5.72. The fraction of sp³-hybridized carbons (Fsp3) is 0.882. The van der Waals surface area contributed by atoms with Crippen LogP contribution in [0.4, 0.5) is 0 Å². The molecule has 0 aliphatic rings. The lowest BCUT2D eigenvalue weighted by Crippen LogP contribution is -2.26. The second-order valence-corrected chi connectivity index (χ2v) is 7.63. The van der Waals surface area contributed by atoms with Crippen molar-refractivity contribution in [2.24, 2.45) is 5.92 Å². The zero-order chi connectivity index (χ0) is 18.1. The van der Waals surface area contributed by atoms with Crippen LogP contribution in [0.3, 0.4) is 0 Å². The number of carbonyl (C=O) groups excluding carboxylic acids is 2. The Bertz CT molecular complexity index is 364. The summed E-state index contributed by atoms with van der Waals surface area (Å²) in [6, 6.07) is 0. The van der Waals surface area contributed by atoms with E-state index in [-0.39, 0.29) is 18.3 Å². The number of carbonyl (C=O) groups is 2. The van der Waals surface area contributed by atoms with Crippen molar-refractivity contribution in [2.75, 3.05) is 0 Å². The smallest absolute Gasteiger partial charge is 0.298 e. The quantitative estimate of drug-likeness (QED) is 0.467. The molecule has 0 amide bonds. The Hall–Kier alpha value is -1.14. The predicted octanol–water partition coefficient (Wildman–Crippen LogP) is 4.12. The lowest BCUT2D eigenvalue weighted by Gasteiger charge is -2.20. The number of rotatable bonds is 9. The number of hydrogen-bond acceptors (Lipinski definition) is 6. The van der Waals surface area contributed by atoms with Gasteiger partial charge in [-0.05, 0) is 60.8 Å². The first-order chi connectivity index (χ1) is 10.4. The van der Waals surface area contributed by atoms with Crippen LogP contribution in [0.2, 0.25) is 0 Å². The van der Waals surface area contributed by atoms with Crippen LogP contribution in [0.25, 0.3) is 0 Å². The van der Waals surface area contributed by atoms with Crippen molar-refractivity contribution in [3.63, 3.8) is 0 Å². The molecule has 0 spiro atoms. The molecule has 0 saturated carbocycles. The molecule has 0 rings (SSSR count). The first kappa shape index (κ1) is 21.9. The van der Waals surface area contributed by atoms with Gasteiger partial charge < -0.3 is 0 Å². The fourth-order valence-corrected chi connectivity index (χ4v) is 1.67. The maximum Gasteiger partial charge on any atom is 0.345 e. The molecule has 0 aliphatic carbocycles. The van der Waals surface area contributed by atoms with Crippen molar-refractivity contribution in [1.29, 1.82) is 0 Å². The van der Waals surface area contributed by atoms with E-state index in [0.29, 0.717) is 19.3 Å². The molecule has 0 heterocycles. The van der Waals surface area contributed by atoms with Gasteiger partial charge in [-0.1, -0.05) is 13.3 Å². The Morgan fingerprint density at radius 2 is 1.39 bits per heavy atom. The molecule has 0 radical (unpaired) electrons. The van der Waals surface area contributed by atoms with Crippen molar-refractivity contribution in [1.82, 2.24) is 0 Å². The molecule has 0 saturated heterocycles. The van der Waals surface area contributed by atoms with Gasteiger partial charge in [0.25, 0.3) is 0 Å². The Labute approximate surface area is 139 Å². The van der Waals surface area contributed by atoms with Gasteiger partial charge in [0.15, 0.2) is 0 Å². The first-order valence-corrected chi connectivity index (χ1v) is 8.22. The van der Waals surface area contributed by atoms with Crippen molar-refractivity contribution in [3.05, 3.63) is 0 Å². The van der Waals surface area contributed by atoms with Gasteiger partial charge in [0.2, 0.25) is 0 Å². The minimum atomic E-state index is -0.541. The molecule has 0 fully saturated rings. The van der Waals surface area contributed by atoms with Crippen LogP contribution in [0.15, 0.2) is 0 Å². The normalized spacial score (nSPS) is 13.5. The number of hydrogen-bond donors (Lipinski definition) is 0. The molecule has 0 bridgehead atoms. The minimum Gasteiger partial charge on any atom is -0.298 e. The van der Waals surface area contributed by atoms with Crippen molar-refractivity contribution in [3.8, 4) is 0 Å². The maximum atomic E-state index is 12.0. The van der Waals surface area contributed by atoms with Gasteiger partial charge in [0.1, 0.15) is 11.2 Å². The SMILES string of the molecule is CCCC(CCCC(=O)OOC(C)(C)C)C(=O)OOC(C)(C)C. The molecule has 0 aliphatic heterocycles. The Morgan fingerprint density at radius 3 is 1.87 bits per heavy atom. The zero-order valence-corrected chi connectivity index (χ0v) is 15.6. The standard InChI is InChI=1S/C17H32O6/c1-8-10-13(15(19)21-23-17(5,6)7)11-9-12-14(18)20-22-16(2,3)4/h13H,8-12H2,1-7H3. The average Bonchev–Trinajstić information content (AvgIpc) is 2.40. The van der Waals surface area contributed by atoms with E-state index in [2.05, 4.69) is 0 Å². The largest absolute Gasteiger partial charge is 0.345 e. The van der Waals surface area contributed by atoms with E-state index >= 15 is 0 Å². The van der Waals surface area contributed by atoms with Gasteiger partial charge in [0.05, 0.1) is 5.92 Å². The molecule has 6 heteroatoms. The van der Waals surface area contributed by atoms with Gasteiger partial charge in [-0.25, -0.2) is 9.59 Å². The van der Waals surface area contributed by atoms with Crippen LogP contribution in [0, 0.1) is 5.92 Å². The van der Waals surface area contributed by atoms with E-state index in [9.17, 15) is 9.59 Å².